The van der Waals surface area contributed by atoms with E-state index in [9.17, 15) is 9.18 Å². The molecule has 0 spiro atoms. The molecule has 6 heteroatoms. The maximum absolute atomic E-state index is 13.2. The number of esters is 1. The molecule has 0 N–H and O–H groups in total. The quantitative estimate of drug-likeness (QED) is 0.0709. The second-order valence-corrected chi connectivity index (χ2v) is 9.40. The first-order valence-corrected chi connectivity index (χ1v) is 13.6. The van der Waals surface area contributed by atoms with Crippen LogP contribution >= 0.6 is 0 Å². The zero-order chi connectivity index (χ0) is 27.3. The largest absolute Gasteiger partial charge is 0.494 e. The predicted octanol–water partition coefficient (Wildman–Crippen LogP) is 8.90. The summed E-state index contributed by atoms with van der Waals surface area (Å²) in [4.78, 5) is 12.3. The number of nitrogens with zero attached hydrogens (tertiary/aromatic N) is 1. The number of ether oxygens (including phenoxy) is 2. The number of rotatable bonds is 14. The normalized spacial score (nSPS) is 11.1. The van der Waals surface area contributed by atoms with Crippen LogP contribution in [0.4, 0.5) is 4.39 Å². The standard InChI is InChI=1S/C33H34FNO4/c1-2-3-4-5-6-7-8-23-37-29-18-9-25(10-19-29)11-22-33(36)38-30-20-14-27(15-21-30)32-24-31(35-39-32)26-12-16-28(34)17-13-26/h9-22,24H,2-8,23H2,1H3/b22-11+. The van der Waals surface area contributed by atoms with E-state index in [1.807, 2.05) is 24.3 Å². The van der Waals surface area contributed by atoms with Crippen LogP contribution in [0.15, 0.2) is 89.5 Å². The van der Waals surface area contributed by atoms with Crippen LogP contribution in [0.3, 0.4) is 0 Å². The monoisotopic (exact) mass is 527 g/mol. The predicted molar refractivity (Wildman–Crippen MR) is 152 cm³/mol. The van der Waals surface area contributed by atoms with Crippen molar-refractivity contribution in [3.63, 3.8) is 0 Å². The molecule has 0 radical (unpaired) electrons. The van der Waals surface area contributed by atoms with Crippen LogP contribution in [-0.4, -0.2) is 17.7 Å². The second-order valence-electron chi connectivity index (χ2n) is 9.40. The fourth-order valence-corrected chi connectivity index (χ4v) is 4.09. The summed E-state index contributed by atoms with van der Waals surface area (Å²) in [5, 5.41) is 4.06. The highest BCUT2D eigenvalue weighted by molar-refractivity contribution is 5.88. The summed E-state index contributed by atoms with van der Waals surface area (Å²) >= 11 is 0. The third-order valence-corrected chi connectivity index (χ3v) is 6.32. The highest BCUT2D eigenvalue weighted by atomic mass is 19.1. The fourth-order valence-electron chi connectivity index (χ4n) is 4.09. The first-order valence-electron chi connectivity index (χ1n) is 13.6. The van der Waals surface area contributed by atoms with E-state index in [0.717, 1.165) is 35.5 Å². The molecule has 0 atom stereocenters. The van der Waals surface area contributed by atoms with Gasteiger partial charge in [-0.3, -0.25) is 0 Å². The minimum absolute atomic E-state index is 0.306. The molecule has 39 heavy (non-hydrogen) atoms. The summed E-state index contributed by atoms with van der Waals surface area (Å²) in [6, 6.07) is 22.4. The highest BCUT2D eigenvalue weighted by Gasteiger charge is 2.10. The van der Waals surface area contributed by atoms with Crippen LogP contribution in [0.5, 0.6) is 11.5 Å². The van der Waals surface area contributed by atoms with E-state index in [-0.39, 0.29) is 5.82 Å². The van der Waals surface area contributed by atoms with E-state index in [2.05, 4.69) is 12.1 Å². The SMILES string of the molecule is CCCCCCCCCOc1ccc(/C=C/C(=O)Oc2ccc(-c3cc(-c4ccc(F)cc4)no3)cc2)cc1. The molecule has 0 aliphatic carbocycles. The Kier molecular flexibility index (Phi) is 10.5. The van der Waals surface area contributed by atoms with Crippen molar-refractivity contribution in [2.45, 2.75) is 51.9 Å². The Morgan fingerprint density at radius 3 is 2.18 bits per heavy atom. The van der Waals surface area contributed by atoms with Gasteiger partial charge in [-0.15, -0.1) is 0 Å². The molecule has 202 valence electrons. The Morgan fingerprint density at radius 1 is 0.821 bits per heavy atom. The molecule has 0 amide bonds. The number of hydrogen-bond acceptors (Lipinski definition) is 5. The molecule has 1 aromatic heterocycles. The highest BCUT2D eigenvalue weighted by Crippen LogP contribution is 2.27. The van der Waals surface area contributed by atoms with Gasteiger partial charge in [-0.2, -0.15) is 0 Å². The zero-order valence-corrected chi connectivity index (χ0v) is 22.3. The molecule has 0 bridgehead atoms. The number of carbonyl (C=O) groups is 1. The molecule has 4 aromatic rings. The zero-order valence-electron chi connectivity index (χ0n) is 22.3. The average molecular weight is 528 g/mol. The van der Waals surface area contributed by atoms with Crippen molar-refractivity contribution < 1.29 is 23.2 Å². The Labute approximate surface area is 229 Å². The molecule has 4 rings (SSSR count). The van der Waals surface area contributed by atoms with Gasteiger partial charge in [0.05, 0.1) is 6.61 Å². The van der Waals surface area contributed by atoms with Crippen LogP contribution in [-0.2, 0) is 4.79 Å². The van der Waals surface area contributed by atoms with E-state index in [0.29, 0.717) is 17.2 Å². The fraction of sp³-hybridized carbons (Fsp3) is 0.273. The molecular formula is C33H34FNO4. The van der Waals surface area contributed by atoms with Crippen LogP contribution in [0, 0.1) is 5.82 Å². The van der Waals surface area contributed by atoms with Crippen molar-refractivity contribution in [3.8, 4) is 34.1 Å². The number of unbranched alkanes of at least 4 members (excludes halogenated alkanes) is 6. The summed E-state index contributed by atoms with van der Waals surface area (Å²) in [6.45, 7) is 2.96. The van der Waals surface area contributed by atoms with Crippen molar-refractivity contribution >= 4 is 12.0 Å². The number of benzene rings is 3. The molecule has 0 aliphatic heterocycles. The Balaban J connectivity index is 1.21. The van der Waals surface area contributed by atoms with Crippen LogP contribution in [0.1, 0.15) is 57.4 Å². The lowest BCUT2D eigenvalue weighted by molar-refractivity contribution is -0.128. The van der Waals surface area contributed by atoms with Gasteiger partial charge in [-0.25, -0.2) is 9.18 Å². The van der Waals surface area contributed by atoms with Crippen LogP contribution in [0.2, 0.25) is 0 Å². The van der Waals surface area contributed by atoms with Gasteiger partial charge in [-0.1, -0.05) is 62.7 Å². The van der Waals surface area contributed by atoms with Gasteiger partial charge in [-0.05, 0) is 78.7 Å². The van der Waals surface area contributed by atoms with E-state index in [1.54, 1.807) is 48.5 Å². The summed E-state index contributed by atoms with van der Waals surface area (Å²) < 4.78 is 29.8. The van der Waals surface area contributed by atoms with Gasteiger partial charge in [0, 0.05) is 23.3 Å². The Hall–Kier alpha value is -4.19. The van der Waals surface area contributed by atoms with Gasteiger partial charge in [0.15, 0.2) is 5.76 Å². The van der Waals surface area contributed by atoms with Crippen molar-refractivity contribution in [2.24, 2.45) is 0 Å². The van der Waals surface area contributed by atoms with Gasteiger partial charge < -0.3 is 14.0 Å². The van der Waals surface area contributed by atoms with E-state index in [1.165, 1.54) is 56.7 Å². The van der Waals surface area contributed by atoms with Crippen molar-refractivity contribution in [2.75, 3.05) is 6.61 Å². The second kappa shape index (κ2) is 14.7. The molecule has 0 fully saturated rings. The number of carbonyl (C=O) groups excluding carboxylic acids is 1. The molecular weight excluding hydrogens is 493 g/mol. The van der Waals surface area contributed by atoms with E-state index >= 15 is 0 Å². The Bertz CT molecular complexity index is 1330. The number of hydrogen-bond donors (Lipinski definition) is 0. The van der Waals surface area contributed by atoms with E-state index in [4.69, 9.17) is 14.0 Å². The first kappa shape index (κ1) is 27.8. The van der Waals surface area contributed by atoms with Crippen molar-refractivity contribution in [1.82, 2.24) is 5.16 Å². The third kappa shape index (κ3) is 8.95. The minimum Gasteiger partial charge on any atom is -0.494 e. The number of aromatic nitrogens is 1. The van der Waals surface area contributed by atoms with Gasteiger partial charge >= 0.3 is 5.97 Å². The van der Waals surface area contributed by atoms with Gasteiger partial charge in [0.25, 0.3) is 0 Å². The maximum atomic E-state index is 13.2. The molecule has 0 saturated heterocycles. The maximum Gasteiger partial charge on any atom is 0.336 e. The Morgan fingerprint density at radius 2 is 1.46 bits per heavy atom. The molecule has 0 unspecified atom stereocenters. The summed E-state index contributed by atoms with van der Waals surface area (Å²) in [5.41, 5.74) is 3.03. The smallest absolute Gasteiger partial charge is 0.336 e. The third-order valence-electron chi connectivity index (χ3n) is 6.32. The lowest BCUT2D eigenvalue weighted by atomic mass is 10.1. The van der Waals surface area contributed by atoms with Crippen molar-refractivity contribution in [1.29, 1.82) is 0 Å². The molecule has 5 nitrogen and oxygen atoms in total. The van der Waals surface area contributed by atoms with Gasteiger partial charge in [0.1, 0.15) is 23.0 Å². The van der Waals surface area contributed by atoms with Crippen molar-refractivity contribution in [3.05, 3.63) is 96.3 Å². The summed E-state index contributed by atoms with van der Waals surface area (Å²) in [7, 11) is 0. The lowest BCUT2D eigenvalue weighted by Gasteiger charge is -2.06. The minimum atomic E-state index is -0.472. The molecule has 0 aliphatic rings. The first-order chi connectivity index (χ1) is 19.1. The van der Waals surface area contributed by atoms with E-state index < -0.39 is 5.97 Å². The van der Waals surface area contributed by atoms with Crippen LogP contribution in [0.25, 0.3) is 28.7 Å². The molecule has 1 heterocycles. The van der Waals surface area contributed by atoms with Gasteiger partial charge in [0.2, 0.25) is 0 Å². The lowest BCUT2D eigenvalue weighted by Crippen LogP contribution is -2.03. The molecule has 0 saturated carbocycles. The topological polar surface area (TPSA) is 61.6 Å². The summed E-state index contributed by atoms with van der Waals surface area (Å²) in [5.74, 6) is 1.03. The van der Waals surface area contributed by atoms with Crippen LogP contribution < -0.4 is 9.47 Å². The average Bonchev–Trinajstić information content (AvgIpc) is 3.45. The molecule has 3 aromatic carbocycles. The summed E-state index contributed by atoms with van der Waals surface area (Å²) in [6.07, 6.45) is 11.9. The number of halogens is 1.